The van der Waals surface area contributed by atoms with E-state index >= 15 is 0 Å². The van der Waals surface area contributed by atoms with Crippen LogP contribution in [0.25, 0.3) is 0 Å². The second-order valence-corrected chi connectivity index (χ2v) is 7.86. The molecule has 0 bridgehead atoms. The Hall–Kier alpha value is -4.46. The third-order valence-electron chi connectivity index (χ3n) is 5.16. The van der Waals surface area contributed by atoms with Gasteiger partial charge in [0.05, 0.1) is 18.3 Å². The van der Waals surface area contributed by atoms with Gasteiger partial charge in [-0.15, -0.1) is 0 Å². The molecule has 8 heteroatoms. The number of nitrogens with zero attached hydrogens (tertiary/aromatic N) is 1. The van der Waals surface area contributed by atoms with Crippen LogP contribution in [0, 0.1) is 0 Å². The first kappa shape index (κ1) is 25.2. The molecule has 0 radical (unpaired) electrons. The fraction of sp³-hybridized carbons (Fsp3) is 0.185. The number of carbonyl (C=O) groups excluding carboxylic acids is 3. The molecule has 3 amide bonds. The van der Waals surface area contributed by atoms with Crippen molar-refractivity contribution in [3.8, 4) is 5.75 Å². The molecule has 0 heterocycles. The van der Waals surface area contributed by atoms with Crippen LogP contribution >= 0.6 is 0 Å². The van der Waals surface area contributed by atoms with Crippen molar-refractivity contribution in [3.05, 3.63) is 102 Å². The second kappa shape index (κ2) is 12.7. The molecule has 0 aromatic heterocycles. The smallest absolute Gasteiger partial charge is 0.329 e. The number of hydrogen-bond acceptors (Lipinski definition) is 5. The summed E-state index contributed by atoms with van der Waals surface area (Å²) in [5.74, 6) is -1.35. The molecule has 180 valence electrons. The molecule has 0 fully saturated rings. The van der Waals surface area contributed by atoms with Crippen molar-refractivity contribution in [3.63, 3.8) is 0 Å². The fourth-order valence-electron chi connectivity index (χ4n) is 3.21. The van der Waals surface area contributed by atoms with Gasteiger partial charge in [-0.1, -0.05) is 60.7 Å². The summed E-state index contributed by atoms with van der Waals surface area (Å²) in [6.07, 6.45) is 1.41. The highest BCUT2D eigenvalue weighted by molar-refractivity contribution is 6.35. The molecule has 35 heavy (non-hydrogen) atoms. The molecule has 0 aliphatic rings. The maximum atomic E-state index is 12.1. The van der Waals surface area contributed by atoms with Crippen LogP contribution in [0.15, 0.2) is 90.0 Å². The van der Waals surface area contributed by atoms with Crippen molar-refractivity contribution in [2.75, 3.05) is 6.61 Å². The Morgan fingerprint density at radius 3 is 1.89 bits per heavy atom. The molecule has 3 rings (SSSR count). The topological polar surface area (TPSA) is 109 Å². The van der Waals surface area contributed by atoms with Crippen LogP contribution in [0.2, 0.25) is 0 Å². The first-order chi connectivity index (χ1) is 16.9. The molecule has 2 atom stereocenters. The van der Waals surface area contributed by atoms with E-state index in [4.69, 9.17) is 4.74 Å². The van der Waals surface area contributed by atoms with Crippen molar-refractivity contribution in [1.29, 1.82) is 0 Å². The maximum Gasteiger partial charge on any atom is 0.329 e. The lowest BCUT2D eigenvalue weighted by atomic mass is 10.1. The number of nitrogens with one attached hydrogen (secondary N) is 3. The zero-order chi connectivity index (χ0) is 25.0. The zero-order valence-corrected chi connectivity index (χ0v) is 19.6. The fourth-order valence-corrected chi connectivity index (χ4v) is 3.21. The molecule has 3 aromatic carbocycles. The van der Waals surface area contributed by atoms with Gasteiger partial charge in [0.2, 0.25) is 0 Å². The predicted molar refractivity (Wildman–Crippen MR) is 134 cm³/mol. The normalized spacial score (nSPS) is 12.4. The number of carbonyl (C=O) groups is 3. The minimum atomic E-state index is -0.861. The van der Waals surface area contributed by atoms with Crippen LogP contribution in [0.5, 0.6) is 5.75 Å². The number of hydrazone groups is 1. The molecular weight excluding hydrogens is 444 g/mol. The lowest BCUT2D eigenvalue weighted by molar-refractivity contribution is -0.139. The lowest BCUT2D eigenvalue weighted by Crippen LogP contribution is -2.39. The summed E-state index contributed by atoms with van der Waals surface area (Å²) in [6.45, 7) is 3.59. The van der Waals surface area contributed by atoms with Gasteiger partial charge in [0.1, 0.15) is 5.75 Å². The molecule has 0 spiro atoms. The van der Waals surface area contributed by atoms with Crippen LogP contribution in [0.1, 0.15) is 42.6 Å². The Morgan fingerprint density at radius 2 is 1.31 bits per heavy atom. The van der Waals surface area contributed by atoms with Gasteiger partial charge in [0, 0.05) is 0 Å². The molecule has 3 aromatic rings. The van der Waals surface area contributed by atoms with E-state index in [0.717, 1.165) is 11.1 Å². The van der Waals surface area contributed by atoms with E-state index in [0.29, 0.717) is 11.3 Å². The highest BCUT2D eigenvalue weighted by Crippen LogP contribution is 2.13. The Labute approximate surface area is 204 Å². The summed E-state index contributed by atoms with van der Waals surface area (Å²) in [5.41, 5.74) is 4.79. The number of benzene rings is 3. The minimum absolute atomic E-state index is 0.114. The van der Waals surface area contributed by atoms with Crippen molar-refractivity contribution in [1.82, 2.24) is 16.1 Å². The molecular formula is C27H28N4O4. The van der Waals surface area contributed by atoms with E-state index < -0.39 is 11.8 Å². The van der Waals surface area contributed by atoms with Crippen LogP contribution in [-0.4, -0.2) is 30.5 Å². The van der Waals surface area contributed by atoms with Crippen LogP contribution in [0.3, 0.4) is 0 Å². The van der Waals surface area contributed by atoms with Crippen molar-refractivity contribution < 1.29 is 19.1 Å². The highest BCUT2D eigenvalue weighted by Gasteiger charge is 2.16. The third kappa shape index (κ3) is 8.12. The number of rotatable bonds is 9. The standard InChI is InChI=1S/C27H28N4O4/c1-19(22-9-5-3-6-10-22)29-25(32)18-35-24-15-13-21(14-16-24)17-28-31-27(34)26(33)30-20(2)23-11-7-4-8-12-23/h3-17,19-20H,18H2,1-2H3,(H,29,32)(H,30,33)(H,31,34). The van der Waals surface area contributed by atoms with Crippen molar-refractivity contribution >= 4 is 23.9 Å². The summed E-state index contributed by atoms with van der Waals surface area (Å²) in [4.78, 5) is 36.2. The average molecular weight is 473 g/mol. The number of hydrogen-bond donors (Lipinski definition) is 3. The van der Waals surface area contributed by atoms with Crippen LogP contribution in [-0.2, 0) is 14.4 Å². The molecule has 0 aliphatic carbocycles. The molecule has 0 saturated carbocycles. The first-order valence-corrected chi connectivity index (χ1v) is 11.2. The summed E-state index contributed by atoms with van der Waals surface area (Å²) >= 11 is 0. The Morgan fingerprint density at radius 1 is 0.771 bits per heavy atom. The van der Waals surface area contributed by atoms with Gasteiger partial charge in [-0.2, -0.15) is 5.10 Å². The third-order valence-corrected chi connectivity index (χ3v) is 5.16. The quantitative estimate of drug-likeness (QED) is 0.252. The average Bonchev–Trinajstić information content (AvgIpc) is 2.89. The van der Waals surface area contributed by atoms with E-state index in [-0.39, 0.29) is 24.6 Å². The highest BCUT2D eigenvalue weighted by atomic mass is 16.5. The van der Waals surface area contributed by atoms with E-state index in [1.807, 2.05) is 67.6 Å². The Balaban J connectivity index is 1.40. The van der Waals surface area contributed by atoms with Crippen molar-refractivity contribution in [2.45, 2.75) is 25.9 Å². The Kier molecular flexibility index (Phi) is 9.13. The minimum Gasteiger partial charge on any atom is -0.484 e. The molecule has 0 aliphatic heterocycles. The van der Waals surface area contributed by atoms with E-state index in [9.17, 15) is 14.4 Å². The Bertz CT molecular complexity index is 1150. The van der Waals surface area contributed by atoms with Crippen LogP contribution in [0.4, 0.5) is 0 Å². The molecule has 3 N–H and O–H groups in total. The van der Waals surface area contributed by atoms with E-state index in [1.54, 1.807) is 31.2 Å². The first-order valence-electron chi connectivity index (χ1n) is 11.2. The van der Waals surface area contributed by atoms with Crippen LogP contribution < -0.4 is 20.8 Å². The van der Waals surface area contributed by atoms with E-state index in [2.05, 4.69) is 21.2 Å². The molecule has 8 nitrogen and oxygen atoms in total. The summed E-state index contributed by atoms with van der Waals surface area (Å²) in [6, 6.07) is 25.4. The second-order valence-electron chi connectivity index (χ2n) is 7.86. The number of ether oxygens (including phenoxy) is 1. The monoisotopic (exact) mass is 472 g/mol. The van der Waals surface area contributed by atoms with E-state index in [1.165, 1.54) is 6.21 Å². The maximum absolute atomic E-state index is 12.1. The predicted octanol–water partition coefficient (Wildman–Crippen LogP) is 3.27. The van der Waals surface area contributed by atoms with Gasteiger partial charge < -0.3 is 15.4 Å². The van der Waals surface area contributed by atoms with Gasteiger partial charge in [0.15, 0.2) is 6.61 Å². The largest absolute Gasteiger partial charge is 0.484 e. The van der Waals surface area contributed by atoms with Gasteiger partial charge in [0.25, 0.3) is 5.91 Å². The molecule has 0 saturated heterocycles. The van der Waals surface area contributed by atoms with Crippen molar-refractivity contribution in [2.24, 2.45) is 5.10 Å². The van der Waals surface area contributed by atoms with Gasteiger partial charge in [-0.25, -0.2) is 5.43 Å². The zero-order valence-electron chi connectivity index (χ0n) is 19.6. The summed E-state index contributed by atoms with van der Waals surface area (Å²) in [7, 11) is 0. The molecule has 2 unspecified atom stereocenters. The van der Waals surface area contributed by atoms with Gasteiger partial charge in [-0.05, 0) is 54.8 Å². The van der Waals surface area contributed by atoms with Gasteiger partial charge >= 0.3 is 11.8 Å². The van der Waals surface area contributed by atoms with Gasteiger partial charge in [-0.3, -0.25) is 14.4 Å². The summed E-state index contributed by atoms with van der Waals surface area (Å²) < 4.78 is 5.53. The summed E-state index contributed by atoms with van der Waals surface area (Å²) in [5, 5.41) is 9.33. The SMILES string of the molecule is CC(NC(=O)COc1ccc(C=NNC(=O)C(=O)NC(C)c2ccccc2)cc1)c1ccccc1. The lowest BCUT2D eigenvalue weighted by Gasteiger charge is -2.14. The number of amides is 3.